The van der Waals surface area contributed by atoms with Crippen molar-refractivity contribution in [2.24, 2.45) is 0 Å². The van der Waals surface area contributed by atoms with Crippen molar-refractivity contribution in [2.45, 2.75) is 6.04 Å². The van der Waals surface area contributed by atoms with E-state index in [0.29, 0.717) is 11.1 Å². The van der Waals surface area contributed by atoms with Crippen molar-refractivity contribution < 1.29 is 14.7 Å². The topological polar surface area (TPSA) is 66.4 Å². The number of nitrogens with one attached hydrogen (secondary N) is 1. The van der Waals surface area contributed by atoms with E-state index >= 15 is 0 Å². The van der Waals surface area contributed by atoms with Crippen LogP contribution in [0.1, 0.15) is 22.0 Å². The quantitative estimate of drug-likeness (QED) is 0.801. The van der Waals surface area contributed by atoms with Crippen LogP contribution in [0.2, 0.25) is 0 Å². The normalized spacial score (nSPS) is 11.7. The fraction of sp³-hybridized carbons (Fsp3) is 0.0667. The van der Waals surface area contributed by atoms with Crippen molar-refractivity contribution in [3.63, 3.8) is 0 Å². The summed E-state index contributed by atoms with van der Waals surface area (Å²) >= 11 is 2.05. The summed E-state index contributed by atoms with van der Waals surface area (Å²) in [5.74, 6) is -1.48. The van der Waals surface area contributed by atoms with Crippen LogP contribution < -0.4 is 5.32 Å². The Hall–Kier alpha value is -1.89. The van der Waals surface area contributed by atoms with Gasteiger partial charge in [-0.2, -0.15) is 0 Å². The first-order valence-electron chi connectivity index (χ1n) is 5.92. The van der Waals surface area contributed by atoms with E-state index in [1.54, 1.807) is 48.5 Å². The van der Waals surface area contributed by atoms with E-state index in [0.717, 1.165) is 3.57 Å². The first kappa shape index (κ1) is 14.5. The lowest BCUT2D eigenvalue weighted by molar-refractivity contribution is -0.139. The van der Waals surface area contributed by atoms with Crippen molar-refractivity contribution in [3.8, 4) is 0 Å². The monoisotopic (exact) mass is 381 g/mol. The maximum Gasteiger partial charge on any atom is 0.330 e. The molecule has 0 aliphatic carbocycles. The van der Waals surface area contributed by atoms with Crippen LogP contribution in [0.5, 0.6) is 0 Å². The molecule has 2 aromatic carbocycles. The molecule has 0 radical (unpaired) electrons. The van der Waals surface area contributed by atoms with Crippen LogP contribution in [-0.4, -0.2) is 17.0 Å². The number of halogens is 1. The van der Waals surface area contributed by atoms with Crippen LogP contribution in [0.3, 0.4) is 0 Å². The van der Waals surface area contributed by atoms with E-state index in [1.165, 1.54) is 0 Å². The number of benzene rings is 2. The number of aliphatic carboxylic acids is 1. The minimum atomic E-state index is -1.09. The van der Waals surface area contributed by atoms with Crippen molar-refractivity contribution in [1.29, 1.82) is 0 Å². The zero-order chi connectivity index (χ0) is 14.5. The molecule has 0 aliphatic heterocycles. The van der Waals surface area contributed by atoms with Crippen LogP contribution in [0.15, 0.2) is 54.6 Å². The van der Waals surface area contributed by atoms with E-state index < -0.39 is 17.9 Å². The summed E-state index contributed by atoms with van der Waals surface area (Å²) < 4.78 is 0.778. The van der Waals surface area contributed by atoms with Gasteiger partial charge in [0, 0.05) is 3.57 Å². The molecule has 2 N–H and O–H groups in total. The Bertz CT molecular complexity index is 628. The molecule has 0 spiro atoms. The van der Waals surface area contributed by atoms with Gasteiger partial charge in [0.15, 0.2) is 6.04 Å². The minimum Gasteiger partial charge on any atom is -0.479 e. The van der Waals surface area contributed by atoms with Crippen molar-refractivity contribution in [2.75, 3.05) is 0 Å². The predicted octanol–water partition coefficient (Wildman–Crippen LogP) is 2.85. The molecule has 0 bridgehead atoms. The number of hydrogen-bond acceptors (Lipinski definition) is 2. The number of carbonyl (C=O) groups excluding carboxylic acids is 1. The Morgan fingerprint density at radius 2 is 1.60 bits per heavy atom. The molecule has 0 aliphatic rings. The fourth-order valence-corrected chi connectivity index (χ4v) is 2.42. The summed E-state index contributed by atoms with van der Waals surface area (Å²) in [6.45, 7) is 0. The summed E-state index contributed by atoms with van der Waals surface area (Å²) in [6, 6.07) is 14.6. The van der Waals surface area contributed by atoms with Crippen molar-refractivity contribution in [3.05, 3.63) is 69.3 Å². The van der Waals surface area contributed by atoms with Crippen LogP contribution in [0.4, 0.5) is 0 Å². The zero-order valence-electron chi connectivity index (χ0n) is 10.4. The average molecular weight is 381 g/mol. The zero-order valence-corrected chi connectivity index (χ0v) is 12.6. The highest BCUT2D eigenvalue weighted by molar-refractivity contribution is 14.1. The third-order valence-electron chi connectivity index (χ3n) is 2.77. The van der Waals surface area contributed by atoms with E-state index in [-0.39, 0.29) is 0 Å². The lowest BCUT2D eigenvalue weighted by atomic mass is 10.1. The molecule has 0 saturated heterocycles. The van der Waals surface area contributed by atoms with E-state index in [9.17, 15) is 14.7 Å². The molecule has 102 valence electrons. The van der Waals surface area contributed by atoms with Gasteiger partial charge in [0.25, 0.3) is 5.91 Å². The number of carboxylic acids is 1. The van der Waals surface area contributed by atoms with Gasteiger partial charge in [-0.15, -0.1) is 0 Å². The molecular formula is C15H12INO3. The molecule has 5 heteroatoms. The minimum absolute atomic E-state index is 0.397. The number of rotatable bonds is 4. The van der Waals surface area contributed by atoms with Gasteiger partial charge < -0.3 is 10.4 Å². The van der Waals surface area contributed by atoms with Crippen LogP contribution in [0.25, 0.3) is 0 Å². The molecule has 0 aromatic heterocycles. The molecule has 2 rings (SSSR count). The number of carbonyl (C=O) groups is 2. The van der Waals surface area contributed by atoms with Crippen LogP contribution in [-0.2, 0) is 4.79 Å². The third-order valence-corrected chi connectivity index (χ3v) is 3.71. The number of carboxylic acid groups (broad SMARTS) is 1. The summed E-state index contributed by atoms with van der Waals surface area (Å²) in [7, 11) is 0. The van der Waals surface area contributed by atoms with E-state index in [1.807, 2.05) is 28.7 Å². The standard InChI is InChI=1S/C15H12INO3/c16-12-9-5-4-8-11(12)14(18)17-13(15(19)20)10-6-2-1-3-7-10/h1-9,13H,(H,17,18)(H,19,20)/t13-/m1/s1. The lowest BCUT2D eigenvalue weighted by Crippen LogP contribution is -2.34. The molecule has 0 fully saturated rings. The highest BCUT2D eigenvalue weighted by Crippen LogP contribution is 2.16. The maximum atomic E-state index is 12.2. The molecule has 20 heavy (non-hydrogen) atoms. The molecule has 0 unspecified atom stereocenters. The Kier molecular flexibility index (Phi) is 4.73. The van der Waals surface area contributed by atoms with E-state index in [4.69, 9.17) is 0 Å². The molecule has 4 nitrogen and oxygen atoms in total. The Morgan fingerprint density at radius 1 is 1.00 bits per heavy atom. The first-order chi connectivity index (χ1) is 9.59. The van der Waals surface area contributed by atoms with Crippen LogP contribution in [0, 0.1) is 3.57 Å². The second kappa shape index (κ2) is 6.51. The lowest BCUT2D eigenvalue weighted by Gasteiger charge is -2.15. The maximum absolute atomic E-state index is 12.2. The molecule has 0 saturated carbocycles. The smallest absolute Gasteiger partial charge is 0.330 e. The molecule has 0 heterocycles. The first-order valence-corrected chi connectivity index (χ1v) is 7.00. The second-order valence-corrected chi connectivity index (χ2v) is 5.30. The Balaban J connectivity index is 2.24. The summed E-state index contributed by atoms with van der Waals surface area (Å²) in [5.41, 5.74) is 1.01. The third kappa shape index (κ3) is 3.36. The molecular weight excluding hydrogens is 369 g/mol. The van der Waals surface area contributed by atoms with Gasteiger partial charge in [-0.3, -0.25) is 4.79 Å². The predicted molar refractivity (Wildman–Crippen MR) is 83.4 cm³/mol. The second-order valence-electron chi connectivity index (χ2n) is 4.14. The average Bonchev–Trinajstić information content (AvgIpc) is 2.45. The fourth-order valence-electron chi connectivity index (χ4n) is 1.79. The van der Waals surface area contributed by atoms with Crippen molar-refractivity contribution >= 4 is 34.5 Å². The summed E-state index contributed by atoms with van der Waals surface area (Å²) in [6.07, 6.45) is 0. The van der Waals surface area contributed by atoms with Gasteiger partial charge in [0.1, 0.15) is 0 Å². The number of amides is 1. The number of hydrogen-bond donors (Lipinski definition) is 2. The summed E-state index contributed by atoms with van der Waals surface area (Å²) in [5, 5.41) is 11.8. The van der Waals surface area contributed by atoms with Gasteiger partial charge in [-0.1, -0.05) is 42.5 Å². The largest absolute Gasteiger partial charge is 0.479 e. The van der Waals surface area contributed by atoms with Crippen molar-refractivity contribution in [1.82, 2.24) is 5.32 Å². The van der Waals surface area contributed by atoms with Gasteiger partial charge in [-0.25, -0.2) is 4.79 Å². The van der Waals surface area contributed by atoms with Gasteiger partial charge in [0.05, 0.1) is 5.56 Å². The highest BCUT2D eigenvalue weighted by atomic mass is 127. The van der Waals surface area contributed by atoms with Crippen LogP contribution >= 0.6 is 22.6 Å². The van der Waals surface area contributed by atoms with Gasteiger partial charge >= 0.3 is 5.97 Å². The summed E-state index contributed by atoms with van der Waals surface area (Å²) in [4.78, 5) is 23.5. The van der Waals surface area contributed by atoms with Gasteiger partial charge in [-0.05, 0) is 40.3 Å². The Labute approximate surface area is 130 Å². The molecule has 2 aromatic rings. The highest BCUT2D eigenvalue weighted by Gasteiger charge is 2.23. The van der Waals surface area contributed by atoms with E-state index in [2.05, 4.69) is 5.32 Å². The molecule has 1 atom stereocenters. The van der Waals surface area contributed by atoms with Gasteiger partial charge in [0.2, 0.25) is 0 Å². The SMILES string of the molecule is O=C(N[C@@H](C(=O)O)c1ccccc1)c1ccccc1I. The Morgan fingerprint density at radius 3 is 2.20 bits per heavy atom. The molecule has 1 amide bonds.